The molecule has 1 aromatic rings. The molecule has 0 radical (unpaired) electrons. The van der Waals surface area contributed by atoms with Crippen LogP contribution in [0, 0.1) is 5.92 Å². The Kier molecular flexibility index (Phi) is 12.0. The van der Waals surface area contributed by atoms with Crippen molar-refractivity contribution >= 4 is 29.3 Å². The Morgan fingerprint density at radius 3 is 2.63 bits per heavy atom. The van der Waals surface area contributed by atoms with E-state index < -0.39 is 12.1 Å². The summed E-state index contributed by atoms with van der Waals surface area (Å²) in [7, 11) is 0. The maximum absolute atomic E-state index is 10.5. The zero-order chi connectivity index (χ0) is 21.8. The van der Waals surface area contributed by atoms with Crippen LogP contribution in [-0.2, 0) is 4.79 Å². The van der Waals surface area contributed by atoms with Crippen LogP contribution in [0.2, 0.25) is 5.02 Å². The number of halogens is 1. The molecule has 2 rings (SSSR count). The van der Waals surface area contributed by atoms with Gasteiger partial charge in [-0.05, 0) is 49.8 Å². The Bertz CT molecular complexity index is 629. The second-order valence-corrected chi connectivity index (χ2v) is 9.86. The van der Waals surface area contributed by atoms with Gasteiger partial charge >= 0.3 is 5.97 Å². The van der Waals surface area contributed by atoms with E-state index >= 15 is 0 Å². The van der Waals surface area contributed by atoms with Crippen molar-refractivity contribution in [3.63, 3.8) is 0 Å². The minimum Gasteiger partial charge on any atom is -0.491 e. The van der Waals surface area contributed by atoms with Gasteiger partial charge in [0.1, 0.15) is 12.4 Å². The molecule has 30 heavy (non-hydrogen) atoms. The molecule has 0 spiro atoms. The molecule has 0 saturated heterocycles. The highest BCUT2D eigenvalue weighted by atomic mass is 35.5. The molecule has 1 aliphatic rings. The lowest BCUT2D eigenvalue weighted by Crippen LogP contribution is -2.25. The molecule has 1 aliphatic carbocycles. The third-order valence-electron chi connectivity index (χ3n) is 5.64. The second kappa shape index (κ2) is 14.2. The Balaban J connectivity index is 1.59. The van der Waals surface area contributed by atoms with E-state index in [2.05, 4.69) is 0 Å². The van der Waals surface area contributed by atoms with Gasteiger partial charge in [0.05, 0.1) is 12.2 Å². The van der Waals surface area contributed by atoms with Crippen molar-refractivity contribution in [1.29, 1.82) is 0 Å². The fourth-order valence-corrected chi connectivity index (χ4v) is 5.60. The third-order valence-corrected chi connectivity index (χ3v) is 7.46. The van der Waals surface area contributed by atoms with Gasteiger partial charge < -0.3 is 20.1 Å². The van der Waals surface area contributed by atoms with Crippen molar-refractivity contribution in [3.05, 3.63) is 29.3 Å². The molecule has 3 N–H and O–H groups in total. The number of hydrogen-bond donors (Lipinski definition) is 3. The standard InChI is InChI=1S/C23H35ClO5S/c24-17-8-7-9-19(14-17)29-15-18(25)16-30-22-13-12-21(26)20(22)10-5-3-1-2-4-6-11-23(27)28/h7-9,14,18,20-22,25-26H,1-6,10-13,15-16H2,(H,27,28). The largest absolute Gasteiger partial charge is 0.491 e. The van der Waals surface area contributed by atoms with E-state index in [0.29, 0.717) is 27.7 Å². The summed E-state index contributed by atoms with van der Waals surface area (Å²) in [5.41, 5.74) is 0. The molecule has 4 unspecified atom stereocenters. The van der Waals surface area contributed by atoms with E-state index in [0.717, 1.165) is 57.8 Å². The Morgan fingerprint density at radius 1 is 1.17 bits per heavy atom. The first-order valence-corrected chi connectivity index (χ1v) is 12.5. The van der Waals surface area contributed by atoms with Crippen LogP contribution in [0.1, 0.15) is 64.2 Å². The number of thioether (sulfide) groups is 1. The van der Waals surface area contributed by atoms with Gasteiger partial charge in [-0.1, -0.05) is 49.8 Å². The summed E-state index contributed by atoms with van der Waals surface area (Å²) in [6.07, 6.45) is 8.49. The van der Waals surface area contributed by atoms with Crippen LogP contribution in [-0.4, -0.2) is 51.1 Å². The second-order valence-electron chi connectivity index (χ2n) is 8.16. The van der Waals surface area contributed by atoms with Gasteiger partial charge in [0, 0.05) is 22.4 Å². The summed E-state index contributed by atoms with van der Waals surface area (Å²) in [5.74, 6) is 0.833. The summed E-state index contributed by atoms with van der Waals surface area (Å²) < 4.78 is 5.61. The average Bonchev–Trinajstić information content (AvgIpc) is 3.06. The summed E-state index contributed by atoms with van der Waals surface area (Å²) >= 11 is 7.69. The molecule has 0 aromatic heterocycles. The van der Waals surface area contributed by atoms with E-state index in [9.17, 15) is 15.0 Å². The van der Waals surface area contributed by atoms with Crippen LogP contribution in [0.15, 0.2) is 24.3 Å². The number of carbonyl (C=O) groups is 1. The number of aliphatic hydroxyl groups is 2. The van der Waals surface area contributed by atoms with Crippen LogP contribution in [0.4, 0.5) is 0 Å². The van der Waals surface area contributed by atoms with Crippen molar-refractivity contribution in [3.8, 4) is 5.75 Å². The van der Waals surface area contributed by atoms with E-state index in [1.54, 1.807) is 23.9 Å². The smallest absolute Gasteiger partial charge is 0.303 e. The first-order valence-electron chi connectivity index (χ1n) is 11.0. The maximum atomic E-state index is 10.5. The highest BCUT2D eigenvalue weighted by molar-refractivity contribution is 7.99. The average molecular weight is 459 g/mol. The molecule has 0 aliphatic heterocycles. The van der Waals surface area contributed by atoms with Crippen LogP contribution >= 0.6 is 23.4 Å². The Morgan fingerprint density at radius 2 is 1.90 bits per heavy atom. The number of benzene rings is 1. The van der Waals surface area contributed by atoms with Gasteiger partial charge in [0.15, 0.2) is 0 Å². The monoisotopic (exact) mass is 458 g/mol. The number of aliphatic carboxylic acids is 1. The number of unbranched alkanes of at least 4 members (excludes halogenated alkanes) is 5. The van der Waals surface area contributed by atoms with Crippen molar-refractivity contribution in [2.75, 3.05) is 12.4 Å². The van der Waals surface area contributed by atoms with Crippen LogP contribution in [0.5, 0.6) is 5.75 Å². The van der Waals surface area contributed by atoms with E-state index in [1.807, 2.05) is 12.1 Å². The summed E-state index contributed by atoms with van der Waals surface area (Å²) in [6, 6.07) is 7.16. The summed E-state index contributed by atoms with van der Waals surface area (Å²) in [6.45, 7) is 0.231. The number of hydrogen-bond acceptors (Lipinski definition) is 5. The minimum absolute atomic E-state index is 0.231. The molecule has 0 bridgehead atoms. The first kappa shape index (κ1) is 25.3. The number of aliphatic hydroxyl groups excluding tert-OH is 2. The molecule has 1 aromatic carbocycles. The highest BCUT2D eigenvalue weighted by Crippen LogP contribution is 2.38. The number of carboxylic acid groups (broad SMARTS) is 1. The van der Waals surface area contributed by atoms with E-state index in [4.69, 9.17) is 21.4 Å². The van der Waals surface area contributed by atoms with Gasteiger partial charge in [0.2, 0.25) is 0 Å². The minimum atomic E-state index is -0.713. The van der Waals surface area contributed by atoms with E-state index in [1.165, 1.54) is 0 Å². The first-order chi connectivity index (χ1) is 14.5. The zero-order valence-corrected chi connectivity index (χ0v) is 19.1. The van der Waals surface area contributed by atoms with Crippen molar-refractivity contribution in [2.24, 2.45) is 5.92 Å². The van der Waals surface area contributed by atoms with Crippen LogP contribution in [0.25, 0.3) is 0 Å². The lowest BCUT2D eigenvalue weighted by molar-refractivity contribution is -0.137. The summed E-state index contributed by atoms with van der Waals surface area (Å²) in [4.78, 5) is 10.5. The van der Waals surface area contributed by atoms with E-state index in [-0.39, 0.29) is 19.1 Å². The van der Waals surface area contributed by atoms with Crippen molar-refractivity contribution < 1.29 is 24.9 Å². The quantitative estimate of drug-likeness (QED) is 0.315. The Hall–Kier alpha value is -0.950. The van der Waals surface area contributed by atoms with Crippen LogP contribution < -0.4 is 4.74 Å². The van der Waals surface area contributed by atoms with Gasteiger partial charge in [-0.25, -0.2) is 0 Å². The SMILES string of the molecule is O=C(O)CCCCCCCCC1C(O)CCC1SCC(O)COc1cccc(Cl)c1. The fraction of sp³-hybridized carbons (Fsp3) is 0.696. The molecule has 5 nitrogen and oxygen atoms in total. The van der Waals surface area contributed by atoms with Crippen molar-refractivity contribution in [1.82, 2.24) is 0 Å². The van der Waals surface area contributed by atoms with Gasteiger partial charge in [-0.15, -0.1) is 0 Å². The predicted molar refractivity (Wildman–Crippen MR) is 123 cm³/mol. The molecule has 170 valence electrons. The number of carboxylic acids is 1. The van der Waals surface area contributed by atoms with Gasteiger partial charge in [-0.2, -0.15) is 11.8 Å². The van der Waals surface area contributed by atoms with Crippen LogP contribution in [0.3, 0.4) is 0 Å². The topological polar surface area (TPSA) is 87.0 Å². The lowest BCUT2D eigenvalue weighted by Gasteiger charge is -2.23. The third kappa shape index (κ3) is 9.90. The predicted octanol–water partition coefficient (Wildman–Crippen LogP) is 5.16. The fourth-order valence-electron chi connectivity index (χ4n) is 3.99. The summed E-state index contributed by atoms with van der Waals surface area (Å²) in [5, 5.41) is 30.3. The number of ether oxygens (including phenoxy) is 1. The molecule has 1 saturated carbocycles. The molecule has 0 amide bonds. The molecular weight excluding hydrogens is 424 g/mol. The van der Waals surface area contributed by atoms with Crippen molar-refractivity contribution in [2.45, 2.75) is 81.7 Å². The maximum Gasteiger partial charge on any atom is 0.303 e. The molecular formula is C23H35ClO5S. The highest BCUT2D eigenvalue weighted by Gasteiger charge is 2.34. The van der Waals surface area contributed by atoms with Gasteiger partial charge in [0.25, 0.3) is 0 Å². The molecule has 7 heteroatoms. The Labute approximate surface area is 189 Å². The van der Waals surface area contributed by atoms with Gasteiger partial charge in [-0.3, -0.25) is 4.79 Å². The molecule has 4 atom stereocenters. The molecule has 0 heterocycles. The number of rotatable bonds is 15. The lowest BCUT2D eigenvalue weighted by atomic mass is 9.97. The zero-order valence-electron chi connectivity index (χ0n) is 17.5. The normalized spacial score (nSPS) is 22.2. The molecule has 1 fully saturated rings.